The summed E-state index contributed by atoms with van der Waals surface area (Å²) in [5.74, 6) is 0.523. The molecule has 0 spiro atoms. The maximum absolute atomic E-state index is 6.33. The normalized spacial score (nSPS) is 24.8. The van der Waals surface area contributed by atoms with E-state index in [1.807, 2.05) is 33.8 Å². The Morgan fingerprint density at radius 2 is 1.79 bits per heavy atom. The first-order valence-electron chi connectivity index (χ1n) is 6.82. The molecule has 5 heteroatoms. The molecule has 19 heavy (non-hydrogen) atoms. The van der Waals surface area contributed by atoms with Crippen molar-refractivity contribution in [3.63, 3.8) is 0 Å². The Balaban J connectivity index is 1.98. The first-order chi connectivity index (χ1) is 8.82. The number of hydrogen-bond donors (Lipinski definition) is 0. The lowest BCUT2D eigenvalue weighted by atomic mass is 9.79. The molecule has 0 aromatic carbocycles. The molecule has 3 rings (SSSR count). The maximum atomic E-state index is 6.33. The number of hydrogen-bond acceptors (Lipinski definition) is 3. The van der Waals surface area contributed by atoms with Crippen LogP contribution in [-0.4, -0.2) is 23.3 Å². The predicted octanol–water partition coefficient (Wildman–Crippen LogP) is 2.91. The number of nitrogens with zero attached hydrogens (tertiary/aromatic N) is 1. The molecule has 0 unspecified atom stereocenters. The minimum atomic E-state index is -0.417. The van der Waals surface area contributed by atoms with Gasteiger partial charge in [-0.3, -0.25) is 4.98 Å². The fraction of sp³-hybridized carbons (Fsp3) is 0.643. The van der Waals surface area contributed by atoms with Crippen molar-refractivity contribution in [2.24, 2.45) is 0 Å². The summed E-state index contributed by atoms with van der Waals surface area (Å²) in [6.07, 6.45) is 4.09. The van der Waals surface area contributed by atoms with E-state index in [0.717, 1.165) is 16.2 Å². The Bertz CT molecular complexity index is 498. The van der Waals surface area contributed by atoms with Crippen LogP contribution in [0.25, 0.3) is 0 Å². The van der Waals surface area contributed by atoms with E-state index < -0.39 is 7.12 Å². The van der Waals surface area contributed by atoms with Gasteiger partial charge in [-0.2, -0.15) is 0 Å². The van der Waals surface area contributed by atoms with E-state index in [1.165, 1.54) is 12.8 Å². The van der Waals surface area contributed by atoms with Crippen molar-refractivity contribution in [1.82, 2.24) is 4.98 Å². The van der Waals surface area contributed by atoms with Gasteiger partial charge in [0, 0.05) is 11.2 Å². The molecule has 2 aliphatic rings. The highest BCUT2D eigenvalue weighted by Crippen LogP contribution is 2.43. The van der Waals surface area contributed by atoms with E-state index in [0.29, 0.717) is 5.92 Å². The van der Waals surface area contributed by atoms with Gasteiger partial charge in [0.25, 0.3) is 0 Å². The Morgan fingerprint density at radius 3 is 2.32 bits per heavy atom. The van der Waals surface area contributed by atoms with Gasteiger partial charge in [-0.15, -0.1) is 0 Å². The molecule has 1 aliphatic carbocycles. The molecular formula is C14H19BClNO2. The van der Waals surface area contributed by atoms with Gasteiger partial charge in [0.15, 0.2) is 0 Å². The van der Waals surface area contributed by atoms with E-state index in [-0.39, 0.29) is 11.2 Å². The molecule has 0 bridgehead atoms. The molecule has 0 radical (unpaired) electrons. The summed E-state index contributed by atoms with van der Waals surface area (Å²) >= 11 is 6.33. The predicted molar refractivity (Wildman–Crippen MR) is 76.9 cm³/mol. The minimum Gasteiger partial charge on any atom is -0.398 e. The summed E-state index contributed by atoms with van der Waals surface area (Å²) in [6.45, 7) is 8.20. The SMILES string of the molecule is CC1(C)OB(c2nccc(Cl)c2C2CC2)OC1(C)C. The zero-order valence-electron chi connectivity index (χ0n) is 11.9. The zero-order valence-corrected chi connectivity index (χ0v) is 12.6. The zero-order chi connectivity index (χ0) is 13.8. The lowest BCUT2D eigenvalue weighted by Crippen LogP contribution is -2.41. The molecule has 1 aromatic heterocycles. The minimum absolute atomic E-state index is 0.345. The third kappa shape index (κ3) is 2.20. The summed E-state index contributed by atoms with van der Waals surface area (Å²) in [6, 6.07) is 1.85. The molecule has 2 heterocycles. The van der Waals surface area contributed by atoms with Gasteiger partial charge in [0.2, 0.25) is 0 Å². The molecule has 2 fully saturated rings. The van der Waals surface area contributed by atoms with Crippen molar-refractivity contribution in [3.05, 3.63) is 22.8 Å². The van der Waals surface area contributed by atoms with Gasteiger partial charge >= 0.3 is 7.12 Å². The van der Waals surface area contributed by atoms with Crippen molar-refractivity contribution < 1.29 is 9.31 Å². The molecule has 0 N–H and O–H groups in total. The molecule has 1 saturated heterocycles. The first kappa shape index (κ1) is 13.4. The average molecular weight is 280 g/mol. The number of aromatic nitrogens is 1. The third-order valence-corrected chi connectivity index (χ3v) is 4.76. The quantitative estimate of drug-likeness (QED) is 0.780. The van der Waals surface area contributed by atoms with Gasteiger partial charge in [-0.1, -0.05) is 11.6 Å². The molecule has 1 saturated carbocycles. The van der Waals surface area contributed by atoms with Crippen molar-refractivity contribution in [2.75, 3.05) is 0 Å². The van der Waals surface area contributed by atoms with Crippen molar-refractivity contribution in [3.8, 4) is 0 Å². The summed E-state index contributed by atoms with van der Waals surface area (Å²) < 4.78 is 12.2. The summed E-state index contributed by atoms with van der Waals surface area (Å²) in [7, 11) is -0.417. The van der Waals surface area contributed by atoms with Gasteiger partial charge < -0.3 is 9.31 Å². The highest BCUT2D eigenvalue weighted by Gasteiger charge is 2.53. The second kappa shape index (κ2) is 4.21. The topological polar surface area (TPSA) is 31.4 Å². The average Bonchev–Trinajstić information content (AvgIpc) is 3.07. The fourth-order valence-electron chi connectivity index (χ4n) is 2.38. The van der Waals surface area contributed by atoms with Crippen molar-refractivity contribution in [1.29, 1.82) is 0 Å². The van der Waals surface area contributed by atoms with E-state index in [2.05, 4.69) is 4.98 Å². The number of halogens is 1. The standard InChI is InChI=1S/C14H19BClNO2/c1-13(2)14(3,4)19-15(18-13)12-11(9-5-6-9)10(16)7-8-17-12/h7-9H,5-6H2,1-4H3. The van der Waals surface area contributed by atoms with E-state index >= 15 is 0 Å². The molecule has 3 nitrogen and oxygen atoms in total. The maximum Gasteiger partial charge on any atom is 0.514 e. The fourth-order valence-corrected chi connectivity index (χ4v) is 2.69. The van der Waals surface area contributed by atoms with Crippen LogP contribution in [0.1, 0.15) is 52.0 Å². The summed E-state index contributed by atoms with van der Waals surface area (Å²) in [5, 5.41) is 0.780. The molecule has 1 aliphatic heterocycles. The van der Waals surface area contributed by atoms with Crippen LogP contribution in [0, 0.1) is 0 Å². The van der Waals surface area contributed by atoms with Crippen molar-refractivity contribution >= 4 is 24.3 Å². The second-order valence-electron chi connectivity index (χ2n) is 6.45. The molecule has 1 aromatic rings. The summed E-state index contributed by atoms with van der Waals surface area (Å²) in [5.41, 5.74) is 1.28. The van der Waals surface area contributed by atoms with Crippen LogP contribution in [0.15, 0.2) is 12.3 Å². The van der Waals surface area contributed by atoms with Gasteiger partial charge in [-0.05, 0) is 58.1 Å². The second-order valence-corrected chi connectivity index (χ2v) is 6.86. The molecule has 0 atom stereocenters. The van der Waals surface area contributed by atoms with E-state index in [9.17, 15) is 0 Å². The van der Waals surface area contributed by atoms with Crippen LogP contribution in [0.3, 0.4) is 0 Å². The highest BCUT2D eigenvalue weighted by molar-refractivity contribution is 6.62. The van der Waals surface area contributed by atoms with Crippen molar-refractivity contribution in [2.45, 2.75) is 57.7 Å². The number of rotatable bonds is 2. The van der Waals surface area contributed by atoms with Crippen LogP contribution in [0.2, 0.25) is 5.02 Å². The third-order valence-electron chi connectivity index (χ3n) is 4.43. The van der Waals surface area contributed by atoms with Crippen LogP contribution in [-0.2, 0) is 9.31 Å². The van der Waals surface area contributed by atoms with E-state index in [4.69, 9.17) is 20.9 Å². The molecule has 102 valence electrons. The van der Waals surface area contributed by atoms with E-state index in [1.54, 1.807) is 6.20 Å². The first-order valence-corrected chi connectivity index (χ1v) is 7.19. The van der Waals surface area contributed by atoms with Crippen LogP contribution in [0.4, 0.5) is 0 Å². The highest BCUT2D eigenvalue weighted by atomic mass is 35.5. The van der Waals surface area contributed by atoms with Gasteiger partial charge in [0.1, 0.15) is 0 Å². The Kier molecular flexibility index (Phi) is 2.97. The molecule has 0 amide bonds. The van der Waals surface area contributed by atoms with Crippen LogP contribution in [0.5, 0.6) is 0 Å². The van der Waals surface area contributed by atoms with Crippen LogP contribution < -0.4 is 5.59 Å². The largest absolute Gasteiger partial charge is 0.514 e. The molecular weight excluding hydrogens is 260 g/mol. The van der Waals surface area contributed by atoms with Crippen LogP contribution >= 0.6 is 11.6 Å². The monoisotopic (exact) mass is 279 g/mol. The Labute approximate surface area is 119 Å². The lowest BCUT2D eigenvalue weighted by Gasteiger charge is -2.32. The Morgan fingerprint density at radius 1 is 1.21 bits per heavy atom. The lowest BCUT2D eigenvalue weighted by molar-refractivity contribution is 0.00578. The van der Waals surface area contributed by atoms with Gasteiger partial charge in [-0.25, -0.2) is 0 Å². The Hall–Kier alpha value is -0.575. The smallest absolute Gasteiger partial charge is 0.398 e. The number of pyridine rings is 1. The van der Waals surface area contributed by atoms with Gasteiger partial charge in [0.05, 0.1) is 16.8 Å². The summed E-state index contributed by atoms with van der Waals surface area (Å²) in [4.78, 5) is 4.48.